The summed E-state index contributed by atoms with van der Waals surface area (Å²) in [5.74, 6) is -0.859. The molecule has 3 rings (SSSR count). The second kappa shape index (κ2) is 7.30. The molecule has 0 saturated heterocycles. The van der Waals surface area contributed by atoms with Gasteiger partial charge in [-0.15, -0.1) is 11.3 Å². The molecular formula is C17H17Cl2NO3S. The summed E-state index contributed by atoms with van der Waals surface area (Å²) in [7, 11) is 0. The highest BCUT2D eigenvalue weighted by molar-refractivity contribution is 7.21. The number of ether oxygens (including phenoxy) is 1. The van der Waals surface area contributed by atoms with Crippen molar-refractivity contribution in [3.63, 3.8) is 0 Å². The number of hydrogen-bond acceptors (Lipinski definition) is 4. The lowest BCUT2D eigenvalue weighted by Crippen LogP contribution is -2.40. The van der Waals surface area contributed by atoms with Crippen molar-refractivity contribution >= 4 is 56.5 Å². The van der Waals surface area contributed by atoms with Crippen LogP contribution in [0.5, 0.6) is 0 Å². The second-order valence-corrected chi connectivity index (χ2v) is 7.79. The molecule has 1 aromatic heterocycles. The van der Waals surface area contributed by atoms with Gasteiger partial charge < -0.3 is 10.1 Å². The third-order valence-corrected chi connectivity index (χ3v) is 6.00. The van der Waals surface area contributed by atoms with Crippen molar-refractivity contribution in [3.8, 4) is 0 Å². The predicted octanol–water partition coefficient (Wildman–Crippen LogP) is 4.81. The van der Waals surface area contributed by atoms with Crippen LogP contribution in [0, 0.1) is 0 Å². The minimum absolute atomic E-state index is 0.189. The summed E-state index contributed by atoms with van der Waals surface area (Å²) in [6, 6.07) is 5.42. The first-order chi connectivity index (χ1) is 11.5. The lowest BCUT2D eigenvalue weighted by atomic mass is 10.2. The molecule has 2 aromatic rings. The molecule has 1 fully saturated rings. The maximum atomic E-state index is 12.4. The van der Waals surface area contributed by atoms with Crippen LogP contribution in [-0.2, 0) is 9.53 Å². The molecule has 0 unspecified atom stereocenters. The minimum atomic E-state index is -0.858. The highest BCUT2D eigenvalue weighted by Gasteiger charge is 2.26. The van der Waals surface area contributed by atoms with E-state index in [4.69, 9.17) is 27.9 Å². The van der Waals surface area contributed by atoms with E-state index in [1.165, 1.54) is 11.3 Å². The van der Waals surface area contributed by atoms with Gasteiger partial charge in [0.1, 0.15) is 4.88 Å². The maximum absolute atomic E-state index is 12.4. The van der Waals surface area contributed by atoms with Gasteiger partial charge in [-0.1, -0.05) is 42.1 Å². The first-order valence-electron chi connectivity index (χ1n) is 7.84. The van der Waals surface area contributed by atoms with Gasteiger partial charge in [0.15, 0.2) is 6.10 Å². The van der Waals surface area contributed by atoms with Crippen molar-refractivity contribution in [3.05, 3.63) is 33.1 Å². The van der Waals surface area contributed by atoms with Crippen LogP contribution in [0.1, 0.15) is 42.3 Å². The molecule has 4 nitrogen and oxygen atoms in total. The van der Waals surface area contributed by atoms with E-state index in [0.717, 1.165) is 35.8 Å². The van der Waals surface area contributed by atoms with Crippen molar-refractivity contribution in [2.75, 3.05) is 0 Å². The SMILES string of the molecule is C[C@@H](OC(=O)c1sc2cc(Cl)ccc2c1Cl)C(=O)NC1CCCC1. The van der Waals surface area contributed by atoms with Crippen molar-refractivity contribution in [1.82, 2.24) is 5.32 Å². The van der Waals surface area contributed by atoms with Gasteiger partial charge in [-0.2, -0.15) is 0 Å². The predicted molar refractivity (Wildman–Crippen MR) is 97.1 cm³/mol. The van der Waals surface area contributed by atoms with Crippen molar-refractivity contribution in [2.24, 2.45) is 0 Å². The third-order valence-electron chi connectivity index (χ3n) is 4.13. The Morgan fingerprint density at radius 2 is 2.00 bits per heavy atom. The molecule has 1 aliphatic rings. The number of nitrogens with one attached hydrogen (secondary N) is 1. The standard InChI is InChI=1S/C17H17Cl2NO3S/c1-9(16(21)20-11-4-2-3-5-11)23-17(22)15-14(19)12-7-6-10(18)8-13(12)24-15/h6-9,11H,2-5H2,1H3,(H,20,21)/t9-/m1/s1. The van der Waals surface area contributed by atoms with Crippen LogP contribution in [0.25, 0.3) is 10.1 Å². The van der Waals surface area contributed by atoms with E-state index in [9.17, 15) is 9.59 Å². The van der Waals surface area contributed by atoms with E-state index in [1.54, 1.807) is 25.1 Å². The first kappa shape index (κ1) is 17.5. The number of amides is 1. The van der Waals surface area contributed by atoms with Crippen LogP contribution in [0.2, 0.25) is 10.0 Å². The Labute approximate surface area is 154 Å². The average molecular weight is 386 g/mol. The Hall–Kier alpha value is -1.30. The van der Waals surface area contributed by atoms with Crippen molar-refractivity contribution in [2.45, 2.75) is 44.8 Å². The lowest BCUT2D eigenvalue weighted by molar-refractivity contribution is -0.129. The number of carbonyl (C=O) groups is 2. The third kappa shape index (κ3) is 3.68. The zero-order valence-electron chi connectivity index (χ0n) is 13.1. The number of hydrogen-bond donors (Lipinski definition) is 1. The number of thiophene rings is 1. The van der Waals surface area contributed by atoms with E-state index < -0.39 is 12.1 Å². The summed E-state index contributed by atoms with van der Waals surface area (Å²) in [6.45, 7) is 1.57. The van der Waals surface area contributed by atoms with Gasteiger partial charge in [-0.25, -0.2) is 4.79 Å². The summed E-state index contributed by atoms with van der Waals surface area (Å²) in [6.07, 6.45) is 3.35. The van der Waals surface area contributed by atoms with Crippen LogP contribution < -0.4 is 5.32 Å². The fraction of sp³-hybridized carbons (Fsp3) is 0.412. The first-order valence-corrected chi connectivity index (χ1v) is 9.42. The van der Waals surface area contributed by atoms with Crippen LogP contribution in [-0.4, -0.2) is 24.0 Å². The van der Waals surface area contributed by atoms with Gasteiger partial charge in [0.05, 0.1) is 5.02 Å². The van der Waals surface area contributed by atoms with Crippen LogP contribution in [0.15, 0.2) is 18.2 Å². The highest BCUT2D eigenvalue weighted by Crippen LogP contribution is 2.37. The Bertz CT molecular complexity index is 783. The monoisotopic (exact) mass is 385 g/mol. The molecule has 128 valence electrons. The summed E-state index contributed by atoms with van der Waals surface area (Å²) in [4.78, 5) is 24.8. The topological polar surface area (TPSA) is 55.4 Å². The normalized spacial score (nSPS) is 16.3. The number of fused-ring (bicyclic) bond motifs is 1. The van der Waals surface area contributed by atoms with E-state index >= 15 is 0 Å². The van der Waals surface area contributed by atoms with Crippen LogP contribution in [0.4, 0.5) is 0 Å². The van der Waals surface area contributed by atoms with Gasteiger partial charge in [-0.3, -0.25) is 4.79 Å². The number of carbonyl (C=O) groups excluding carboxylic acids is 2. The molecule has 0 radical (unpaired) electrons. The molecule has 0 bridgehead atoms. The molecule has 1 amide bonds. The summed E-state index contributed by atoms with van der Waals surface area (Å²) in [5, 5.41) is 4.58. The maximum Gasteiger partial charge on any atom is 0.350 e. The average Bonchev–Trinajstić information content (AvgIpc) is 3.15. The number of benzene rings is 1. The summed E-state index contributed by atoms with van der Waals surface area (Å²) in [5.41, 5.74) is 0. The van der Waals surface area contributed by atoms with Gasteiger partial charge in [0, 0.05) is 21.2 Å². The van der Waals surface area contributed by atoms with Crippen molar-refractivity contribution < 1.29 is 14.3 Å². The van der Waals surface area contributed by atoms with E-state index in [1.807, 2.05) is 0 Å². The number of halogens is 2. The molecule has 1 N–H and O–H groups in total. The molecule has 0 spiro atoms. The second-order valence-electron chi connectivity index (χ2n) is 5.92. The smallest absolute Gasteiger partial charge is 0.350 e. The number of rotatable bonds is 4. The van der Waals surface area contributed by atoms with E-state index in [2.05, 4.69) is 5.32 Å². The van der Waals surface area contributed by atoms with Gasteiger partial charge in [0.25, 0.3) is 5.91 Å². The lowest BCUT2D eigenvalue weighted by Gasteiger charge is -2.16. The molecular weight excluding hydrogens is 369 g/mol. The Kier molecular flexibility index (Phi) is 5.33. The molecule has 1 aliphatic carbocycles. The minimum Gasteiger partial charge on any atom is -0.448 e. The molecule has 1 saturated carbocycles. The highest BCUT2D eigenvalue weighted by atomic mass is 35.5. The van der Waals surface area contributed by atoms with Gasteiger partial charge in [-0.05, 0) is 31.9 Å². The van der Waals surface area contributed by atoms with Crippen LogP contribution in [0.3, 0.4) is 0 Å². The summed E-state index contributed by atoms with van der Waals surface area (Å²) < 4.78 is 6.10. The quantitative estimate of drug-likeness (QED) is 0.767. The molecule has 1 aromatic carbocycles. The Balaban J connectivity index is 1.69. The Morgan fingerprint density at radius 1 is 1.29 bits per heavy atom. The molecule has 24 heavy (non-hydrogen) atoms. The number of esters is 1. The molecule has 1 heterocycles. The fourth-order valence-electron chi connectivity index (χ4n) is 2.83. The van der Waals surface area contributed by atoms with Crippen molar-refractivity contribution in [1.29, 1.82) is 0 Å². The zero-order chi connectivity index (χ0) is 17.3. The largest absolute Gasteiger partial charge is 0.448 e. The molecule has 1 atom stereocenters. The van der Waals surface area contributed by atoms with Gasteiger partial charge in [0.2, 0.25) is 0 Å². The van der Waals surface area contributed by atoms with Crippen LogP contribution >= 0.6 is 34.5 Å². The molecule has 0 aliphatic heterocycles. The van der Waals surface area contributed by atoms with Gasteiger partial charge >= 0.3 is 5.97 Å². The summed E-state index contributed by atoms with van der Waals surface area (Å²) >= 11 is 13.4. The zero-order valence-corrected chi connectivity index (χ0v) is 15.4. The molecule has 7 heteroatoms. The van der Waals surface area contributed by atoms with E-state index in [-0.39, 0.29) is 16.8 Å². The van der Waals surface area contributed by atoms with E-state index in [0.29, 0.717) is 10.0 Å². The Morgan fingerprint density at radius 3 is 2.71 bits per heavy atom. The fourth-order valence-corrected chi connectivity index (χ4v) is 4.49.